The van der Waals surface area contributed by atoms with Crippen molar-refractivity contribution in [1.82, 2.24) is 4.90 Å². The van der Waals surface area contributed by atoms with E-state index in [4.69, 9.17) is 14.2 Å². The fraction of sp³-hybridized carbons (Fsp3) is 0.409. The highest BCUT2D eigenvalue weighted by molar-refractivity contribution is 5.94. The van der Waals surface area contributed by atoms with Gasteiger partial charge in [0.2, 0.25) is 5.75 Å². The van der Waals surface area contributed by atoms with Gasteiger partial charge in [-0.05, 0) is 35.2 Å². The van der Waals surface area contributed by atoms with Crippen LogP contribution < -0.4 is 14.2 Å². The lowest BCUT2D eigenvalue weighted by Gasteiger charge is -2.22. The molecule has 1 amide bonds. The first-order valence-electron chi connectivity index (χ1n) is 8.86. The smallest absolute Gasteiger partial charge is 0.253 e. The molecule has 2 rings (SSSR count). The van der Waals surface area contributed by atoms with Crippen molar-refractivity contribution in [1.29, 1.82) is 0 Å². The number of ether oxygens (including phenoxy) is 3. The van der Waals surface area contributed by atoms with Gasteiger partial charge in [0.15, 0.2) is 11.5 Å². The maximum Gasteiger partial charge on any atom is 0.253 e. The summed E-state index contributed by atoms with van der Waals surface area (Å²) in [6.07, 6.45) is 0. The number of carbonyl (C=O) groups excluding carboxylic acids is 1. The minimum absolute atomic E-state index is 0.0488. The normalized spacial score (nSPS) is 11.1. The van der Waals surface area contributed by atoms with E-state index in [0.29, 0.717) is 29.4 Å². The molecule has 27 heavy (non-hydrogen) atoms. The van der Waals surface area contributed by atoms with Crippen molar-refractivity contribution in [2.45, 2.75) is 32.7 Å². The van der Waals surface area contributed by atoms with Crippen molar-refractivity contribution in [3.8, 4) is 17.2 Å². The minimum Gasteiger partial charge on any atom is -0.493 e. The summed E-state index contributed by atoms with van der Waals surface area (Å²) in [5.41, 5.74) is 2.76. The van der Waals surface area contributed by atoms with Crippen LogP contribution in [0.25, 0.3) is 0 Å². The number of nitrogens with zero attached hydrogens (tertiary/aromatic N) is 1. The van der Waals surface area contributed by atoms with Crippen molar-refractivity contribution >= 4 is 5.91 Å². The summed E-state index contributed by atoms with van der Waals surface area (Å²) >= 11 is 0. The molecule has 2 aromatic carbocycles. The summed E-state index contributed by atoms with van der Waals surface area (Å²) in [7, 11) is 6.49. The highest BCUT2D eigenvalue weighted by atomic mass is 16.5. The largest absolute Gasteiger partial charge is 0.493 e. The number of hydrogen-bond donors (Lipinski definition) is 0. The Morgan fingerprint density at radius 2 is 1.48 bits per heavy atom. The Hall–Kier alpha value is -2.69. The number of benzene rings is 2. The monoisotopic (exact) mass is 371 g/mol. The standard InChI is InChI=1S/C22H29NO4/c1-22(2,3)17-11-8-15(9-12-17)21(24)23(4)14-16-10-13-18(25-5)20(27-7)19(16)26-6/h8-13H,14H2,1-7H3. The number of amides is 1. The fourth-order valence-corrected chi connectivity index (χ4v) is 2.95. The summed E-state index contributed by atoms with van der Waals surface area (Å²) in [5, 5.41) is 0. The van der Waals surface area contributed by atoms with E-state index in [1.54, 1.807) is 33.3 Å². The SMILES string of the molecule is COc1ccc(CN(C)C(=O)c2ccc(C(C)(C)C)cc2)c(OC)c1OC. The third-order valence-corrected chi connectivity index (χ3v) is 4.54. The molecule has 0 aliphatic rings. The molecule has 146 valence electrons. The van der Waals surface area contributed by atoms with E-state index in [1.807, 2.05) is 36.4 Å². The molecule has 0 spiro atoms. The summed E-state index contributed by atoms with van der Waals surface area (Å²) < 4.78 is 16.2. The highest BCUT2D eigenvalue weighted by Gasteiger charge is 2.20. The van der Waals surface area contributed by atoms with Gasteiger partial charge in [-0.15, -0.1) is 0 Å². The van der Waals surface area contributed by atoms with Gasteiger partial charge < -0.3 is 19.1 Å². The predicted octanol–water partition coefficient (Wildman–Crippen LogP) is 4.28. The Labute approximate surface area is 161 Å². The predicted molar refractivity (Wildman–Crippen MR) is 107 cm³/mol. The molecule has 0 saturated carbocycles. The summed E-state index contributed by atoms with van der Waals surface area (Å²) in [4.78, 5) is 14.5. The molecule has 0 aromatic heterocycles. The van der Waals surface area contributed by atoms with E-state index in [2.05, 4.69) is 20.8 Å². The second-order valence-corrected chi connectivity index (χ2v) is 7.48. The van der Waals surface area contributed by atoms with Crippen LogP contribution in [0, 0.1) is 0 Å². The van der Waals surface area contributed by atoms with Gasteiger partial charge in [-0.1, -0.05) is 32.9 Å². The molecule has 0 atom stereocenters. The average Bonchev–Trinajstić information content (AvgIpc) is 2.66. The topological polar surface area (TPSA) is 48.0 Å². The molecule has 0 aliphatic carbocycles. The zero-order valence-corrected chi connectivity index (χ0v) is 17.3. The lowest BCUT2D eigenvalue weighted by molar-refractivity contribution is 0.0784. The molecule has 5 heteroatoms. The van der Waals surface area contributed by atoms with E-state index in [1.165, 1.54) is 5.56 Å². The van der Waals surface area contributed by atoms with Crippen molar-refractivity contribution in [2.75, 3.05) is 28.4 Å². The molecule has 0 N–H and O–H groups in total. The van der Waals surface area contributed by atoms with E-state index in [0.717, 1.165) is 5.56 Å². The molecule has 0 unspecified atom stereocenters. The molecule has 0 aliphatic heterocycles. The van der Waals surface area contributed by atoms with E-state index < -0.39 is 0 Å². The quantitative estimate of drug-likeness (QED) is 0.760. The molecular formula is C22H29NO4. The molecule has 5 nitrogen and oxygen atoms in total. The Morgan fingerprint density at radius 1 is 0.889 bits per heavy atom. The Bertz CT molecular complexity index is 791. The van der Waals surface area contributed by atoms with Crippen molar-refractivity contribution in [3.63, 3.8) is 0 Å². The van der Waals surface area contributed by atoms with Crippen LogP contribution in [0.1, 0.15) is 42.3 Å². The highest BCUT2D eigenvalue weighted by Crippen LogP contribution is 2.40. The third kappa shape index (κ3) is 4.54. The first-order chi connectivity index (χ1) is 12.7. The summed E-state index contributed by atoms with van der Waals surface area (Å²) in [6, 6.07) is 11.5. The van der Waals surface area contributed by atoms with Crippen LogP contribution in [0.3, 0.4) is 0 Å². The van der Waals surface area contributed by atoms with Gasteiger partial charge in [0.05, 0.1) is 21.3 Å². The van der Waals surface area contributed by atoms with E-state index in [9.17, 15) is 4.79 Å². The van der Waals surface area contributed by atoms with Gasteiger partial charge in [0.1, 0.15) is 0 Å². The Kier molecular flexibility index (Phi) is 6.37. The van der Waals surface area contributed by atoms with Crippen LogP contribution in [0.4, 0.5) is 0 Å². The molecular weight excluding hydrogens is 342 g/mol. The van der Waals surface area contributed by atoms with E-state index >= 15 is 0 Å². The van der Waals surface area contributed by atoms with Gasteiger partial charge in [-0.25, -0.2) is 0 Å². The number of rotatable bonds is 6. The zero-order chi connectivity index (χ0) is 20.2. The zero-order valence-electron chi connectivity index (χ0n) is 17.3. The van der Waals surface area contributed by atoms with Crippen LogP contribution >= 0.6 is 0 Å². The average molecular weight is 371 g/mol. The number of carbonyl (C=O) groups is 1. The van der Waals surface area contributed by atoms with Crippen LogP contribution in [0.2, 0.25) is 0 Å². The van der Waals surface area contributed by atoms with Crippen molar-refractivity contribution < 1.29 is 19.0 Å². The number of hydrogen-bond acceptors (Lipinski definition) is 4. The Morgan fingerprint density at radius 3 is 1.96 bits per heavy atom. The van der Waals surface area contributed by atoms with Crippen molar-refractivity contribution in [2.24, 2.45) is 0 Å². The van der Waals surface area contributed by atoms with Gasteiger partial charge in [0, 0.05) is 24.7 Å². The van der Waals surface area contributed by atoms with Crippen LogP contribution in [-0.2, 0) is 12.0 Å². The Balaban J connectivity index is 2.24. The first-order valence-corrected chi connectivity index (χ1v) is 8.86. The molecule has 0 radical (unpaired) electrons. The van der Waals surface area contributed by atoms with Crippen molar-refractivity contribution in [3.05, 3.63) is 53.1 Å². The van der Waals surface area contributed by atoms with E-state index in [-0.39, 0.29) is 11.3 Å². The second kappa shape index (κ2) is 8.33. The first kappa shape index (κ1) is 20.6. The molecule has 2 aromatic rings. The maximum absolute atomic E-state index is 12.8. The minimum atomic E-state index is -0.0488. The molecule has 0 bridgehead atoms. The third-order valence-electron chi connectivity index (χ3n) is 4.54. The molecule has 0 saturated heterocycles. The van der Waals surface area contributed by atoms with Gasteiger partial charge >= 0.3 is 0 Å². The fourth-order valence-electron chi connectivity index (χ4n) is 2.95. The lowest BCUT2D eigenvalue weighted by Crippen LogP contribution is -2.26. The molecule has 0 fully saturated rings. The second-order valence-electron chi connectivity index (χ2n) is 7.48. The maximum atomic E-state index is 12.8. The van der Waals surface area contributed by atoms with Gasteiger partial charge in [0.25, 0.3) is 5.91 Å². The van der Waals surface area contributed by atoms with Crippen LogP contribution in [0.5, 0.6) is 17.2 Å². The van der Waals surface area contributed by atoms with Crippen LogP contribution in [-0.4, -0.2) is 39.2 Å². The summed E-state index contributed by atoms with van der Waals surface area (Å²) in [6.45, 7) is 6.85. The van der Waals surface area contributed by atoms with Crippen LogP contribution in [0.15, 0.2) is 36.4 Å². The lowest BCUT2D eigenvalue weighted by atomic mass is 9.86. The summed E-state index contributed by atoms with van der Waals surface area (Å²) in [5.74, 6) is 1.63. The van der Waals surface area contributed by atoms with Gasteiger partial charge in [-0.2, -0.15) is 0 Å². The van der Waals surface area contributed by atoms with Gasteiger partial charge in [-0.3, -0.25) is 4.79 Å². The number of methoxy groups -OCH3 is 3. The molecule has 0 heterocycles.